The predicted molar refractivity (Wildman–Crippen MR) is 108 cm³/mol. The summed E-state index contributed by atoms with van der Waals surface area (Å²) in [5.41, 5.74) is 3.33. The van der Waals surface area contributed by atoms with E-state index in [1.807, 2.05) is 36.4 Å². The summed E-state index contributed by atoms with van der Waals surface area (Å²) in [5, 5.41) is 5.62. The van der Waals surface area contributed by atoms with Crippen molar-refractivity contribution in [3.8, 4) is 0 Å². The molecule has 0 saturated heterocycles. The molecular weight excluding hydrogens is 352 g/mol. The van der Waals surface area contributed by atoms with Gasteiger partial charge in [-0.15, -0.1) is 0 Å². The van der Waals surface area contributed by atoms with Crippen LogP contribution in [0, 0.1) is 0 Å². The van der Waals surface area contributed by atoms with Crippen LogP contribution < -0.4 is 10.6 Å². The molecular formula is C22H22N4O2. The van der Waals surface area contributed by atoms with Crippen LogP contribution in [0.15, 0.2) is 67.1 Å². The minimum absolute atomic E-state index is 0.182. The van der Waals surface area contributed by atoms with E-state index in [9.17, 15) is 9.59 Å². The first-order chi connectivity index (χ1) is 13.5. The van der Waals surface area contributed by atoms with E-state index in [2.05, 4.69) is 34.4 Å². The third-order valence-corrected chi connectivity index (χ3v) is 4.27. The molecule has 3 aromatic rings. The topological polar surface area (TPSA) is 84.0 Å². The lowest BCUT2D eigenvalue weighted by Crippen LogP contribution is -2.23. The number of nitrogens with zero attached hydrogens (tertiary/aromatic N) is 2. The molecule has 2 N–H and O–H groups in total. The summed E-state index contributed by atoms with van der Waals surface area (Å²) in [6.45, 7) is 4.59. The van der Waals surface area contributed by atoms with Gasteiger partial charge in [0.15, 0.2) is 0 Å². The zero-order chi connectivity index (χ0) is 19.9. The minimum atomic E-state index is -0.362. The Hall–Kier alpha value is -3.54. The van der Waals surface area contributed by atoms with E-state index in [4.69, 9.17) is 0 Å². The van der Waals surface area contributed by atoms with Gasteiger partial charge >= 0.3 is 0 Å². The molecule has 0 aliphatic rings. The second kappa shape index (κ2) is 8.90. The van der Waals surface area contributed by atoms with E-state index in [1.54, 1.807) is 18.5 Å². The molecule has 0 bridgehead atoms. The predicted octanol–water partition coefficient (Wildman–Crippen LogP) is 3.78. The third kappa shape index (κ3) is 5.01. The molecule has 2 amide bonds. The first-order valence-corrected chi connectivity index (χ1v) is 9.07. The van der Waals surface area contributed by atoms with Crippen LogP contribution in [0.25, 0.3) is 0 Å². The number of nitrogens with one attached hydrogen (secondary N) is 2. The van der Waals surface area contributed by atoms with E-state index >= 15 is 0 Å². The normalized spacial score (nSPS) is 10.5. The first kappa shape index (κ1) is 19.2. The van der Waals surface area contributed by atoms with E-state index in [-0.39, 0.29) is 17.5 Å². The van der Waals surface area contributed by atoms with Gasteiger partial charge in [-0.3, -0.25) is 19.6 Å². The fraction of sp³-hybridized carbons (Fsp3) is 0.182. The smallest absolute Gasteiger partial charge is 0.274 e. The molecule has 2 heterocycles. The quantitative estimate of drug-likeness (QED) is 0.688. The molecule has 0 radical (unpaired) electrons. The van der Waals surface area contributed by atoms with E-state index in [1.165, 1.54) is 17.8 Å². The van der Waals surface area contributed by atoms with E-state index in [0.29, 0.717) is 23.7 Å². The number of hydrogen-bond donors (Lipinski definition) is 2. The number of anilines is 1. The highest BCUT2D eigenvalue weighted by Gasteiger charge is 2.12. The lowest BCUT2D eigenvalue weighted by Gasteiger charge is -2.09. The van der Waals surface area contributed by atoms with Crippen LogP contribution in [0.4, 0.5) is 5.69 Å². The monoisotopic (exact) mass is 374 g/mol. The molecule has 0 saturated carbocycles. The Balaban J connectivity index is 1.64. The second-order valence-electron chi connectivity index (χ2n) is 6.70. The molecule has 1 aromatic carbocycles. The average molecular weight is 374 g/mol. The Bertz CT molecular complexity index is 954. The average Bonchev–Trinajstić information content (AvgIpc) is 2.73. The largest absolute Gasteiger partial charge is 0.348 e. The molecule has 0 aliphatic carbocycles. The van der Waals surface area contributed by atoms with Crippen molar-refractivity contribution in [2.75, 3.05) is 5.32 Å². The maximum Gasteiger partial charge on any atom is 0.274 e. The van der Waals surface area contributed by atoms with E-state index in [0.717, 1.165) is 5.56 Å². The molecule has 3 rings (SSSR count). The molecule has 28 heavy (non-hydrogen) atoms. The number of pyridine rings is 2. The number of rotatable bonds is 6. The molecule has 0 unspecified atom stereocenters. The van der Waals surface area contributed by atoms with Crippen molar-refractivity contribution in [2.24, 2.45) is 0 Å². The molecule has 142 valence electrons. The lowest BCUT2D eigenvalue weighted by atomic mass is 10.0. The summed E-state index contributed by atoms with van der Waals surface area (Å²) in [5.74, 6) is -0.214. The van der Waals surface area contributed by atoms with Gasteiger partial charge in [0.25, 0.3) is 11.8 Å². The van der Waals surface area contributed by atoms with Crippen LogP contribution in [-0.2, 0) is 6.54 Å². The number of aromatic nitrogens is 2. The molecule has 0 atom stereocenters. The van der Waals surface area contributed by atoms with Gasteiger partial charge < -0.3 is 10.6 Å². The molecule has 0 aliphatic heterocycles. The van der Waals surface area contributed by atoms with Gasteiger partial charge in [0.05, 0.1) is 0 Å². The van der Waals surface area contributed by atoms with Crippen LogP contribution in [0.5, 0.6) is 0 Å². The van der Waals surface area contributed by atoms with Crippen LogP contribution >= 0.6 is 0 Å². The van der Waals surface area contributed by atoms with Crippen molar-refractivity contribution < 1.29 is 9.59 Å². The number of carbonyl (C=O) groups excluding carboxylic acids is 2. The maximum atomic E-state index is 12.5. The standard InChI is InChI=1S/C22H22N4O2/c1-15(2)17-5-7-19(8-6-17)26-22(28)20-12-18(9-11-24-20)21(27)25-14-16-4-3-10-23-13-16/h3-13,15H,14H2,1-2H3,(H,25,27)(H,26,28). The Morgan fingerprint density at radius 2 is 1.79 bits per heavy atom. The zero-order valence-corrected chi connectivity index (χ0v) is 15.8. The zero-order valence-electron chi connectivity index (χ0n) is 15.8. The van der Waals surface area contributed by atoms with Crippen molar-refractivity contribution in [2.45, 2.75) is 26.3 Å². The van der Waals surface area contributed by atoms with Crippen molar-refractivity contribution in [3.05, 3.63) is 89.5 Å². The van der Waals surface area contributed by atoms with Crippen molar-refractivity contribution in [1.82, 2.24) is 15.3 Å². The minimum Gasteiger partial charge on any atom is -0.348 e. The van der Waals surface area contributed by atoms with Crippen molar-refractivity contribution in [3.63, 3.8) is 0 Å². The summed E-state index contributed by atoms with van der Waals surface area (Å²) in [6, 6.07) is 14.4. The Kier molecular flexibility index (Phi) is 6.11. The second-order valence-corrected chi connectivity index (χ2v) is 6.70. The number of hydrogen-bond acceptors (Lipinski definition) is 4. The highest BCUT2D eigenvalue weighted by molar-refractivity contribution is 6.04. The van der Waals surface area contributed by atoms with Gasteiger partial charge in [0, 0.05) is 36.4 Å². The fourth-order valence-electron chi connectivity index (χ4n) is 2.63. The fourth-order valence-corrected chi connectivity index (χ4v) is 2.63. The molecule has 6 heteroatoms. The number of amides is 2. The van der Waals surface area contributed by atoms with Gasteiger partial charge in [-0.2, -0.15) is 0 Å². The van der Waals surface area contributed by atoms with E-state index < -0.39 is 0 Å². The summed E-state index contributed by atoms with van der Waals surface area (Å²) < 4.78 is 0. The molecule has 0 fully saturated rings. The SMILES string of the molecule is CC(C)c1ccc(NC(=O)c2cc(C(=O)NCc3cccnc3)ccn2)cc1. The van der Waals surface area contributed by atoms with Crippen LogP contribution in [0.1, 0.15) is 51.7 Å². The number of carbonyl (C=O) groups is 2. The highest BCUT2D eigenvalue weighted by atomic mass is 16.2. The summed E-state index contributed by atoms with van der Waals surface area (Å²) in [7, 11) is 0. The highest BCUT2D eigenvalue weighted by Crippen LogP contribution is 2.17. The first-order valence-electron chi connectivity index (χ1n) is 9.07. The van der Waals surface area contributed by atoms with Gasteiger partial charge in [-0.25, -0.2) is 0 Å². The summed E-state index contributed by atoms with van der Waals surface area (Å²) >= 11 is 0. The van der Waals surface area contributed by atoms with Gasteiger partial charge in [-0.1, -0.05) is 32.0 Å². The molecule has 0 spiro atoms. The summed E-state index contributed by atoms with van der Waals surface area (Å²) in [6.07, 6.45) is 4.82. The van der Waals surface area contributed by atoms with Crippen molar-refractivity contribution in [1.29, 1.82) is 0 Å². The maximum absolute atomic E-state index is 12.5. The number of benzene rings is 1. The lowest BCUT2D eigenvalue weighted by molar-refractivity contribution is 0.0950. The van der Waals surface area contributed by atoms with Crippen LogP contribution in [0.3, 0.4) is 0 Å². The van der Waals surface area contributed by atoms with Crippen molar-refractivity contribution >= 4 is 17.5 Å². The van der Waals surface area contributed by atoms with Gasteiger partial charge in [0.1, 0.15) is 5.69 Å². The Morgan fingerprint density at radius 1 is 1.00 bits per heavy atom. The Morgan fingerprint density at radius 3 is 2.46 bits per heavy atom. The molecule has 6 nitrogen and oxygen atoms in total. The molecule has 2 aromatic heterocycles. The van der Waals surface area contributed by atoms with Crippen LogP contribution in [0.2, 0.25) is 0 Å². The summed E-state index contributed by atoms with van der Waals surface area (Å²) in [4.78, 5) is 32.9. The van der Waals surface area contributed by atoms with Gasteiger partial charge in [0.2, 0.25) is 0 Å². The van der Waals surface area contributed by atoms with Crippen LogP contribution in [-0.4, -0.2) is 21.8 Å². The Labute approximate surface area is 164 Å². The van der Waals surface area contributed by atoms with Gasteiger partial charge in [-0.05, 0) is 47.4 Å². The third-order valence-electron chi connectivity index (χ3n) is 4.27.